The summed E-state index contributed by atoms with van der Waals surface area (Å²) in [6.45, 7) is 6.72. The maximum absolute atomic E-state index is 12.8. The van der Waals surface area contributed by atoms with E-state index in [9.17, 15) is 8.42 Å². The Morgan fingerprint density at radius 1 is 1.15 bits per heavy atom. The molecule has 2 saturated heterocycles. The molecular formula is C19H28N4O2S. The van der Waals surface area contributed by atoms with Crippen LogP contribution in [0.1, 0.15) is 44.3 Å². The van der Waals surface area contributed by atoms with E-state index in [1.165, 1.54) is 6.42 Å². The van der Waals surface area contributed by atoms with Gasteiger partial charge in [-0.3, -0.25) is 0 Å². The number of aryl methyl sites for hydroxylation is 1. The molecule has 2 aromatic rings. The normalized spacial score (nSPS) is 23.1. The zero-order chi connectivity index (χ0) is 18.3. The second-order valence-electron chi connectivity index (χ2n) is 7.52. The van der Waals surface area contributed by atoms with Gasteiger partial charge in [0.05, 0.1) is 15.9 Å². The van der Waals surface area contributed by atoms with Crippen LogP contribution in [0.3, 0.4) is 0 Å². The average Bonchev–Trinajstić information content (AvgIpc) is 3.30. The van der Waals surface area contributed by atoms with Crippen LogP contribution in [0.2, 0.25) is 0 Å². The van der Waals surface area contributed by atoms with E-state index in [0.717, 1.165) is 55.8 Å². The predicted molar refractivity (Wildman–Crippen MR) is 103 cm³/mol. The van der Waals surface area contributed by atoms with E-state index in [1.807, 2.05) is 13.1 Å². The van der Waals surface area contributed by atoms with Gasteiger partial charge >= 0.3 is 0 Å². The molecule has 1 aromatic carbocycles. The summed E-state index contributed by atoms with van der Waals surface area (Å²) in [5.41, 5.74) is 1.80. The smallest absolute Gasteiger partial charge is 0.243 e. The highest BCUT2D eigenvalue weighted by molar-refractivity contribution is 7.89. The number of likely N-dealkylation sites (N-methyl/N-ethyl adjacent to an activating group) is 1. The molecule has 1 unspecified atom stereocenters. The number of imidazole rings is 1. The Bertz CT molecular complexity index is 900. The van der Waals surface area contributed by atoms with Gasteiger partial charge in [-0.15, -0.1) is 0 Å². The molecule has 2 aliphatic rings. The number of hydrogen-bond donors (Lipinski definition) is 0. The fourth-order valence-corrected chi connectivity index (χ4v) is 5.89. The molecule has 7 heteroatoms. The molecule has 6 nitrogen and oxygen atoms in total. The molecule has 26 heavy (non-hydrogen) atoms. The number of fused-ring (bicyclic) bond motifs is 1. The van der Waals surface area contributed by atoms with Crippen molar-refractivity contribution in [3.05, 3.63) is 24.0 Å². The lowest BCUT2D eigenvalue weighted by Gasteiger charge is -2.31. The fourth-order valence-electron chi connectivity index (χ4n) is 4.35. The molecule has 0 amide bonds. The maximum Gasteiger partial charge on any atom is 0.243 e. The van der Waals surface area contributed by atoms with Crippen molar-refractivity contribution in [1.82, 2.24) is 18.8 Å². The third-order valence-corrected chi connectivity index (χ3v) is 7.80. The topological polar surface area (TPSA) is 58.4 Å². The Hall–Kier alpha value is -1.44. The number of aromatic nitrogens is 2. The van der Waals surface area contributed by atoms with Crippen molar-refractivity contribution in [2.75, 3.05) is 32.7 Å². The van der Waals surface area contributed by atoms with E-state index in [-0.39, 0.29) is 0 Å². The van der Waals surface area contributed by atoms with Crippen molar-refractivity contribution in [2.45, 2.75) is 43.4 Å². The predicted octanol–water partition coefficient (Wildman–Crippen LogP) is 2.56. The largest absolute Gasteiger partial charge is 0.331 e. The Labute approximate surface area is 155 Å². The number of sulfonamides is 1. The zero-order valence-corrected chi connectivity index (χ0v) is 16.5. The molecule has 4 rings (SSSR count). The number of piperidine rings is 1. The number of rotatable bonds is 4. The van der Waals surface area contributed by atoms with Gasteiger partial charge in [0.15, 0.2) is 0 Å². The molecule has 0 aliphatic carbocycles. The summed E-state index contributed by atoms with van der Waals surface area (Å²) >= 11 is 0. The first-order chi connectivity index (χ1) is 12.5. The Morgan fingerprint density at radius 2 is 1.92 bits per heavy atom. The highest BCUT2D eigenvalue weighted by Crippen LogP contribution is 2.30. The van der Waals surface area contributed by atoms with Gasteiger partial charge in [-0.1, -0.05) is 6.92 Å². The SMILES string of the molecule is CCN1CCCC(c2nc3cc(S(=O)(=O)N4CCCC4)ccc3n2C)C1. The minimum absolute atomic E-state index is 0.371. The highest BCUT2D eigenvalue weighted by Gasteiger charge is 2.29. The van der Waals surface area contributed by atoms with E-state index in [1.54, 1.807) is 16.4 Å². The molecular weight excluding hydrogens is 348 g/mol. The first-order valence-corrected chi connectivity index (χ1v) is 11.1. The summed E-state index contributed by atoms with van der Waals surface area (Å²) in [6.07, 6.45) is 4.23. The van der Waals surface area contributed by atoms with Crippen LogP contribution in [0.15, 0.2) is 23.1 Å². The van der Waals surface area contributed by atoms with Gasteiger partial charge in [0, 0.05) is 32.6 Å². The third kappa shape index (κ3) is 3.06. The highest BCUT2D eigenvalue weighted by atomic mass is 32.2. The average molecular weight is 377 g/mol. The quantitative estimate of drug-likeness (QED) is 0.823. The number of likely N-dealkylation sites (tertiary alicyclic amines) is 1. The maximum atomic E-state index is 12.8. The van der Waals surface area contributed by atoms with Gasteiger partial charge in [0.2, 0.25) is 10.0 Å². The molecule has 3 heterocycles. The van der Waals surface area contributed by atoms with Gasteiger partial charge < -0.3 is 9.47 Å². The molecule has 0 bridgehead atoms. The minimum Gasteiger partial charge on any atom is -0.331 e. The van der Waals surface area contributed by atoms with Crippen molar-refractivity contribution >= 4 is 21.1 Å². The van der Waals surface area contributed by atoms with Crippen LogP contribution >= 0.6 is 0 Å². The van der Waals surface area contributed by atoms with Crippen molar-refractivity contribution < 1.29 is 8.42 Å². The Balaban J connectivity index is 1.69. The lowest BCUT2D eigenvalue weighted by atomic mass is 9.97. The van der Waals surface area contributed by atoms with Crippen LogP contribution < -0.4 is 0 Å². The summed E-state index contributed by atoms with van der Waals surface area (Å²) in [4.78, 5) is 7.70. The molecule has 2 fully saturated rings. The lowest BCUT2D eigenvalue weighted by molar-refractivity contribution is 0.212. The van der Waals surface area contributed by atoms with E-state index >= 15 is 0 Å². The fraction of sp³-hybridized carbons (Fsp3) is 0.632. The summed E-state index contributed by atoms with van der Waals surface area (Å²) < 4.78 is 29.4. The van der Waals surface area contributed by atoms with E-state index < -0.39 is 10.0 Å². The van der Waals surface area contributed by atoms with Crippen molar-refractivity contribution in [2.24, 2.45) is 7.05 Å². The Morgan fingerprint density at radius 3 is 2.65 bits per heavy atom. The first kappa shape index (κ1) is 17.9. The van der Waals surface area contributed by atoms with Crippen LogP contribution in [-0.4, -0.2) is 59.9 Å². The van der Waals surface area contributed by atoms with Crippen LogP contribution in [-0.2, 0) is 17.1 Å². The lowest BCUT2D eigenvalue weighted by Crippen LogP contribution is -2.34. The second-order valence-corrected chi connectivity index (χ2v) is 9.46. The van der Waals surface area contributed by atoms with Crippen LogP contribution in [0.4, 0.5) is 0 Å². The summed E-state index contributed by atoms with van der Waals surface area (Å²) in [5, 5.41) is 0. The number of nitrogens with zero attached hydrogens (tertiary/aromatic N) is 4. The van der Waals surface area contributed by atoms with Gasteiger partial charge in [-0.05, 0) is 57.0 Å². The molecule has 0 saturated carbocycles. The number of hydrogen-bond acceptors (Lipinski definition) is 4. The van der Waals surface area contributed by atoms with Gasteiger partial charge in [-0.25, -0.2) is 13.4 Å². The monoisotopic (exact) mass is 376 g/mol. The molecule has 2 aliphatic heterocycles. The van der Waals surface area contributed by atoms with Gasteiger partial charge in [0.25, 0.3) is 0 Å². The van der Waals surface area contributed by atoms with E-state index in [0.29, 0.717) is 23.9 Å². The standard InChI is InChI=1S/C19H28N4O2S/c1-3-22-10-6-7-15(14-22)19-20-17-13-16(8-9-18(17)21(19)2)26(24,25)23-11-4-5-12-23/h8-9,13,15H,3-7,10-12,14H2,1-2H3. The molecule has 0 N–H and O–H groups in total. The first-order valence-electron chi connectivity index (χ1n) is 9.69. The Kier molecular flexibility index (Phi) is 4.79. The number of benzene rings is 1. The van der Waals surface area contributed by atoms with Crippen LogP contribution in [0.25, 0.3) is 11.0 Å². The third-order valence-electron chi connectivity index (χ3n) is 5.91. The summed E-state index contributed by atoms with van der Waals surface area (Å²) in [7, 11) is -1.35. The van der Waals surface area contributed by atoms with Crippen LogP contribution in [0, 0.1) is 0 Å². The molecule has 142 valence electrons. The van der Waals surface area contributed by atoms with Crippen molar-refractivity contribution in [3.63, 3.8) is 0 Å². The molecule has 0 radical (unpaired) electrons. The van der Waals surface area contributed by atoms with Gasteiger partial charge in [0.1, 0.15) is 5.82 Å². The molecule has 1 aromatic heterocycles. The van der Waals surface area contributed by atoms with Gasteiger partial charge in [-0.2, -0.15) is 4.31 Å². The minimum atomic E-state index is -3.40. The zero-order valence-electron chi connectivity index (χ0n) is 15.7. The van der Waals surface area contributed by atoms with Crippen molar-refractivity contribution in [1.29, 1.82) is 0 Å². The van der Waals surface area contributed by atoms with Crippen LogP contribution in [0.5, 0.6) is 0 Å². The summed E-state index contributed by atoms with van der Waals surface area (Å²) in [6, 6.07) is 5.41. The van der Waals surface area contributed by atoms with E-state index in [4.69, 9.17) is 4.98 Å². The van der Waals surface area contributed by atoms with E-state index in [2.05, 4.69) is 16.4 Å². The molecule has 0 spiro atoms. The molecule has 1 atom stereocenters. The second kappa shape index (κ2) is 6.94. The summed E-state index contributed by atoms with van der Waals surface area (Å²) in [5.74, 6) is 1.49. The van der Waals surface area contributed by atoms with Crippen molar-refractivity contribution in [3.8, 4) is 0 Å².